The second kappa shape index (κ2) is 8.44. The molecule has 0 aliphatic rings. The first-order valence-electron chi connectivity index (χ1n) is 8.43. The van der Waals surface area contributed by atoms with Crippen LogP contribution in [0, 0.1) is 11.6 Å². The summed E-state index contributed by atoms with van der Waals surface area (Å²) < 4.78 is 37.2. The fourth-order valence-electron chi connectivity index (χ4n) is 2.50. The minimum atomic E-state index is -1.08. The predicted molar refractivity (Wildman–Crippen MR) is 94.0 cm³/mol. The maximum atomic E-state index is 13.6. The summed E-state index contributed by atoms with van der Waals surface area (Å²) in [5.41, 5.74) is 1.13. The van der Waals surface area contributed by atoms with E-state index in [-0.39, 0.29) is 29.8 Å². The highest BCUT2D eigenvalue weighted by molar-refractivity contribution is 5.91. The van der Waals surface area contributed by atoms with Crippen molar-refractivity contribution in [1.82, 2.24) is 9.88 Å². The van der Waals surface area contributed by atoms with Crippen molar-refractivity contribution in [3.05, 3.63) is 83.6 Å². The lowest BCUT2D eigenvalue weighted by Gasteiger charge is -2.19. The van der Waals surface area contributed by atoms with E-state index in [9.17, 15) is 13.6 Å². The Labute approximate surface area is 155 Å². The van der Waals surface area contributed by atoms with Gasteiger partial charge in [-0.1, -0.05) is 36.4 Å². The molecule has 5 nitrogen and oxygen atoms in total. The monoisotopic (exact) mass is 372 g/mol. The Balaban J connectivity index is 1.65. The van der Waals surface area contributed by atoms with Gasteiger partial charge in [-0.3, -0.25) is 4.79 Å². The molecule has 3 rings (SSSR count). The molecule has 0 spiro atoms. The number of ether oxygens (including phenoxy) is 1. The maximum Gasteiger partial charge on any atom is 0.276 e. The minimum absolute atomic E-state index is 0.0952. The Morgan fingerprint density at radius 1 is 1.15 bits per heavy atom. The van der Waals surface area contributed by atoms with E-state index >= 15 is 0 Å². The third-order valence-corrected chi connectivity index (χ3v) is 3.92. The first kappa shape index (κ1) is 18.6. The van der Waals surface area contributed by atoms with Gasteiger partial charge in [0.25, 0.3) is 5.91 Å². The highest BCUT2D eigenvalue weighted by Gasteiger charge is 2.19. The van der Waals surface area contributed by atoms with Crippen molar-refractivity contribution in [2.75, 3.05) is 6.54 Å². The molecule has 0 fully saturated rings. The van der Waals surface area contributed by atoms with Crippen LogP contribution < -0.4 is 4.74 Å². The van der Waals surface area contributed by atoms with Crippen molar-refractivity contribution in [3.8, 4) is 5.75 Å². The van der Waals surface area contributed by atoms with Crippen molar-refractivity contribution in [2.24, 2.45) is 0 Å². The van der Waals surface area contributed by atoms with Gasteiger partial charge in [-0.05, 0) is 24.6 Å². The predicted octanol–water partition coefficient (Wildman–Crippen LogP) is 4.19. The Morgan fingerprint density at radius 2 is 1.93 bits per heavy atom. The number of nitrogens with zero attached hydrogens (tertiary/aromatic N) is 2. The number of oxazole rings is 1. The average Bonchev–Trinajstić information content (AvgIpc) is 3.16. The zero-order chi connectivity index (χ0) is 19.2. The Bertz CT molecular complexity index is 913. The fraction of sp³-hybridized carbons (Fsp3) is 0.200. The fourth-order valence-corrected chi connectivity index (χ4v) is 2.50. The Kier molecular flexibility index (Phi) is 5.80. The van der Waals surface area contributed by atoms with Gasteiger partial charge in [-0.15, -0.1) is 0 Å². The first-order chi connectivity index (χ1) is 13.1. The van der Waals surface area contributed by atoms with Crippen LogP contribution in [0.5, 0.6) is 5.75 Å². The molecule has 0 unspecified atom stereocenters. The number of aromatic nitrogens is 1. The van der Waals surface area contributed by atoms with Gasteiger partial charge in [0, 0.05) is 13.1 Å². The van der Waals surface area contributed by atoms with Crippen LogP contribution in [0.4, 0.5) is 8.78 Å². The molecule has 3 aromatic rings. The highest BCUT2D eigenvalue weighted by atomic mass is 19.2. The third-order valence-electron chi connectivity index (χ3n) is 3.92. The second-order valence-electron chi connectivity index (χ2n) is 5.77. The summed E-state index contributed by atoms with van der Waals surface area (Å²) in [5, 5.41) is 0. The Morgan fingerprint density at radius 3 is 2.67 bits per heavy atom. The van der Waals surface area contributed by atoms with Crippen LogP contribution in [0.2, 0.25) is 0 Å². The Hall–Kier alpha value is -3.22. The van der Waals surface area contributed by atoms with Crippen molar-refractivity contribution < 1.29 is 22.7 Å². The highest BCUT2D eigenvalue weighted by Crippen LogP contribution is 2.20. The lowest BCUT2D eigenvalue weighted by atomic mass is 10.2. The lowest BCUT2D eigenvalue weighted by Crippen LogP contribution is -2.30. The van der Waals surface area contributed by atoms with E-state index in [1.807, 2.05) is 37.3 Å². The molecule has 7 heteroatoms. The summed E-state index contributed by atoms with van der Waals surface area (Å²) in [4.78, 5) is 18.3. The molecule has 2 aromatic carbocycles. The number of rotatable bonds is 7. The molecule has 0 saturated heterocycles. The van der Waals surface area contributed by atoms with Gasteiger partial charge < -0.3 is 14.1 Å². The van der Waals surface area contributed by atoms with Gasteiger partial charge in [-0.25, -0.2) is 9.37 Å². The standard InChI is InChI=1S/C20H18F2N2O3/c1-2-24(11-14-7-4-3-5-8-14)20(25)16-12-27-18(23-16)13-26-17-10-6-9-15(21)19(17)22/h3-10,12H,2,11,13H2,1H3. The average molecular weight is 372 g/mol. The molecule has 0 atom stereocenters. The number of amides is 1. The largest absolute Gasteiger partial charge is 0.481 e. The lowest BCUT2D eigenvalue weighted by molar-refractivity contribution is 0.0746. The zero-order valence-corrected chi connectivity index (χ0v) is 14.7. The van der Waals surface area contributed by atoms with Gasteiger partial charge in [0.15, 0.2) is 23.9 Å². The summed E-state index contributed by atoms with van der Waals surface area (Å²) in [6.45, 7) is 2.60. The van der Waals surface area contributed by atoms with Gasteiger partial charge in [0.1, 0.15) is 6.26 Å². The SMILES string of the molecule is CCN(Cc1ccccc1)C(=O)c1coc(COc2cccc(F)c2F)n1. The van der Waals surface area contributed by atoms with Gasteiger partial charge in [0.2, 0.25) is 11.7 Å². The van der Waals surface area contributed by atoms with E-state index in [0.29, 0.717) is 13.1 Å². The molecule has 0 N–H and O–H groups in total. The van der Waals surface area contributed by atoms with Crippen molar-refractivity contribution in [1.29, 1.82) is 0 Å². The van der Waals surface area contributed by atoms with Gasteiger partial charge >= 0.3 is 0 Å². The van der Waals surface area contributed by atoms with Crippen LogP contribution in [-0.4, -0.2) is 22.3 Å². The number of hydrogen-bond acceptors (Lipinski definition) is 4. The molecule has 0 bridgehead atoms. The van der Waals surface area contributed by atoms with Crippen molar-refractivity contribution in [3.63, 3.8) is 0 Å². The maximum absolute atomic E-state index is 13.6. The number of hydrogen-bond donors (Lipinski definition) is 0. The first-order valence-corrected chi connectivity index (χ1v) is 8.43. The van der Waals surface area contributed by atoms with Crippen molar-refractivity contribution in [2.45, 2.75) is 20.1 Å². The molecule has 0 radical (unpaired) electrons. The van der Waals surface area contributed by atoms with Gasteiger partial charge in [0.05, 0.1) is 0 Å². The quantitative estimate of drug-likeness (QED) is 0.624. The number of halogens is 2. The van der Waals surface area contributed by atoms with E-state index in [1.165, 1.54) is 18.4 Å². The number of benzene rings is 2. The molecular formula is C20H18F2N2O3. The molecule has 1 aromatic heterocycles. The van der Waals surface area contributed by atoms with E-state index < -0.39 is 11.6 Å². The summed E-state index contributed by atoms with van der Waals surface area (Å²) in [6.07, 6.45) is 1.23. The summed E-state index contributed by atoms with van der Waals surface area (Å²) in [6, 6.07) is 13.2. The minimum Gasteiger partial charge on any atom is -0.481 e. The molecule has 140 valence electrons. The number of carbonyl (C=O) groups excluding carboxylic acids is 1. The smallest absolute Gasteiger partial charge is 0.276 e. The van der Waals surface area contributed by atoms with E-state index in [2.05, 4.69) is 4.98 Å². The summed E-state index contributed by atoms with van der Waals surface area (Å²) in [5.74, 6) is -2.53. The van der Waals surface area contributed by atoms with Crippen LogP contribution in [0.3, 0.4) is 0 Å². The van der Waals surface area contributed by atoms with E-state index in [4.69, 9.17) is 9.15 Å². The zero-order valence-electron chi connectivity index (χ0n) is 14.7. The molecule has 0 saturated carbocycles. The third kappa shape index (κ3) is 4.49. The molecule has 0 aliphatic heterocycles. The number of carbonyl (C=O) groups is 1. The van der Waals surface area contributed by atoms with Gasteiger partial charge in [-0.2, -0.15) is 4.39 Å². The second-order valence-corrected chi connectivity index (χ2v) is 5.77. The molecular weight excluding hydrogens is 354 g/mol. The molecule has 27 heavy (non-hydrogen) atoms. The van der Waals surface area contributed by atoms with E-state index in [1.54, 1.807) is 4.90 Å². The van der Waals surface area contributed by atoms with Crippen LogP contribution in [0.15, 0.2) is 59.2 Å². The van der Waals surface area contributed by atoms with Crippen LogP contribution in [0.1, 0.15) is 28.9 Å². The van der Waals surface area contributed by atoms with Crippen LogP contribution in [0.25, 0.3) is 0 Å². The van der Waals surface area contributed by atoms with Crippen molar-refractivity contribution >= 4 is 5.91 Å². The van der Waals surface area contributed by atoms with Crippen LogP contribution >= 0.6 is 0 Å². The van der Waals surface area contributed by atoms with E-state index in [0.717, 1.165) is 11.6 Å². The van der Waals surface area contributed by atoms with Crippen LogP contribution in [-0.2, 0) is 13.2 Å². The molecule has 0 aliphatic carbocycles. The summed E-state index contributed by atoms with van der Waals surface area (Å²) >= 11 is 0. The topological polar surface area (TPSA) is 55.6 Å². The molecule has 1 amide bonds. The molecule has 1 heterocycles. The summed E-state index contributed by atoms with van der Waals surface area (Å²) in [7, 11) is 0. The normalized spacial score (nSPS) is 10.6.